The largest absolute Gasteiger partial charge is 0.475 e. The molecule has 178 valence electrons. The van der Waals surface area contributed by atoms with Crippen molar-refractivity contribution in [1.82, 2.24) is 35.1 Å². The van der Waals surface area contributed by atoms with E-state index in [1.807, 2.05) is 13.8 Å². The number of nitrogens with zero attached hydrogens (tertiary/aromatic N) is 6. The van der Waals surface area contributed by atoms with Gasteiger partial charge in [-0.25, -0.2) is 14.3 Å². The molecule has 3 aromatic heterocycles. The highest BCUT2D eigenvalue weighted by Gasteiger charge is 2.25. The average Bonchev–Trinajstić information content (AvgIpc) is 3.48. The lowest BCUT2D eigenvalue weighted by atomic mass is 10.2. The highest BCUT2D eigenvalue weighted by Crippen LogP contribution is 2.18. The Hall–Kier alpha value is -4.22. The third-order valence-corrected chi connectivity index (χ3v) is 5.36. The third kappa shape index (κ3) is 5.05. The molecule has 0 atom stereocenters. The zero-order valence-corrected chi connectivity index (χ0v) is 18.8. The van der Waals surface area contributed by atoms with E-state index in [9.17, 15) is 14.4 Å². The number of carbonyl (C=O) groups is 3. The molecule has 4 heterocycles. The van der Waals surface area contributed by atoms with Crippen LogP contribution in [-0.2, 0) is 6.54 Å². The lowest BCUT2D eigenvalue weighted by Gasteiger charge is -2.35. The number of pyridine rings is 1. The fraction of sp³-hybridized carbons (Fsp3) is 0.364. The van der Waals surface area contributed by atoms with Crippen LogP contribution in [0, 0.1) is 0 Å². The number of carbonyl (C=O) groups excluding carboxylic acids is 2. The minimum absolute atomic E-state index is 0.0596. The molecule has 0 aromatic carbocycles. The van der Waals surface area contributed by atoms with E-state index in [0.717, 1.165) is 0 Å². The Bertz CT molecular complexity index is 1180. The van der Waals surface area contributed by atoms with Crippen LogP contribution in [0.25, 0.3) is 11.3 Å². The summed E-state index contributed by atoms with van der Waals surface area (Å²) in [5.74, 6) is -1.48. The zero-order valence-electron chi connectivity index (χ0n) is 18.8. The highest BCUT2D eigenvalue weighted by atomic mass is 16.4. The molecule has 0 aliphatic carbocycles. The van der Waals surface area contributed by atoms with Crippen molar-refractivity contribution < 1.29 is 23.9 Å². The second kappa shape index (κ2) is 9.73. The molecule has 12 nitrogen and oxygen atoms in total. The van der Waals surface area contributed by atoms with Gasteiger partial charge in [-0.1, -0.05) is 5.21 Å². The molecule has 0 unspecified atom stereocenters. The predicted molar refractivity (Wildman–Crippen MR) is 119 cm³/mol. The topological polar surface area (TPSA) is 147 Å². The summed E-state index contributed by atoms with van der Waals surface area (Å²) in [4.78, 5) is 43.8. The molecule has 0 saturated carbocycles. The van der Waals surface area contributed by atoms with Gasteiger partial charge in [-0.05, 0) is 32.0 Å². The second-order valence-corrected chi connectivity index (χ2v) is 8.20. The Morgan fingerprint density at radius 2 is 1.85 bits per heavy atom. The van der Waals surface area contributed by atoms with Crippen LogP contribution in [-0.4, -0.2) is 85.0 Å². The molecule has 12 heteroatoms. The summed E-state index contributed by atoms with van der Waals surface area (Å²) >= 11 is 0. The molecule has 4 rings (SSSR count). The van der Waals surface area contributed by atoms with Crippen molar-refractivity contribution in [2.24, 2.45) is 0 Å². The molecule has 1 fully saturated rings. The van der Waals surface area contributed by atoms with Crippen molar-refractivity contribution >= 4 is 17.9 Å². The summed E-state index contributed by atoms with van der Waals surface area (Å²) in [6.45, 7) is 5.81. The van der Waals surface area contributed by atoms with E-state index in [1.54, 1.807) is 40.4 Å². The summed E-state index contributed by atoms with van der Waals surface area (Å²) in [7, 11) is 0. The summed E-state index contributed by atoms with van der Waals surface area (Å²) in [5.41, 5.74) is 1.99. The number of rotatable bonds is 6. The van der Waals surface area contributed by atoms with Gasteiger partial charge >= 0.3 is 12.0 Å². The number of aromatic carboxylic acids is 1. The molecule has 0 spiro atoms. The van der Waals surface area contributed by atoms with Gasteiger partial charge in [-0.15, -0.1) is 5.10 Å². The lowest BCUT2D eigenvalue weighted by Crippen LogP contribution is -2.54. The smallest absolute Gasteiger partial charge is 0.372 e. The van der Waals surface area contributed by atoms with E-state index < -0.39 is 5.97 Å². The number of hydrogen-bond donors (Lipinski definition) is 2. The van der Waals surface area contributed by atoms with Gasteiger partial charge < -0.3 is 24.6 Å². The van der Waals surface area contributed by atoms with Gasteiger partial charge in [0.15, 0.2) is 0 Å². The minimum atomic E-state index is -1.15. The van der Waals surface area contributed by atoms with Crippen molar-refractivity contribution in [3.05, 3.63) is 53.9 Å². The Morgan fingerprint density at radius 1 is 1.12 bits per heavy atom. The Kier molecular flexibility index (Phi) is 6.57. The van der Waals surface area contributed by atoms with Gasteiger partial charge in [-0.2, -0.15) is 0 Å². The first-order chi connectivity index (χ1) is 16.3. The number of amides is 3. The summed E-state index contributed by atoms with van der Waals surface area (Å²) in [6.07, 6.45) is 4.53. The van der Waals surface area contributed by atoms with Gasteiger partial charge in [0.25, 0.3) is 5.91 Å². The molecule has 1 saturated heterocycles. The fourth-order valence-electron chi connectivity index (χ4n) is 3.62. The van der Waals surface area contributed by atoms with Gasteiger partial charge in [0.05, 0.1) is 19.0 Å². The van der Waals surface area contributed by atoms with Crippen molar-refractivity contribution in [2.45, 2.75) is 26.4 Å². The van der Waals surface area contributed by atoms with Crippen molar-refractivity contribution in [2.75, 3.05) is 26.2 Å². The molecule has 1 aliphatic rings. The summed E-state index contributed by atoms with van der Waals surface area (Å²) in [6, 6.07) is 4.88. The monoisotopic (exact) mass is 467 g/mol. The maximum atomic E-state index is 12.8. The number of carboxylic acid groups (broad SMARTS) is 1. The Morgan fingerprint density at radius 3 is 2.50 bits per heavy atom. The van der Waals surface area contributed by atoms with Crippen LogP contribution in [0.15, 0.2) is 41.3 Å². The Labute approximate surface area is 195 Å². The Balaban J connectivity index is 1.36. The van der Waals surface area contributed by atoms with Gasteiger partial charge in [0.1, 0.15) is 11.4 Å². The number of piperazine rings is 1. The first kappa shape index (κ1) is 23.0. The molecule has 0 radical (unpaired) electrons. The number of nitrogens with one attached hydrogen (secondary N) is 1. The second-order valence-electron chi connectivity index (χ2n) is 8.20. The number of hydrogen-bond acceptors (Lipinski definition) is 7. The van der Waals surface area contributed by atoms with E-state index in [1.165, 1.54) is 10.9 Å². The van der Waals surface area contributed by atoms with E-state index in [4.69, 9.17) is 9.52 Å². The van der Waals surface area contributed by atoms with Crippen LogP contribution in [0.4, 0.5) is 4.79 Å². The molecule has 2 N–H and O–H groups in total. The normalized spacial score (nSPS) is 13.9. The molecule has 34 heavy (non-hydrogen) atoms. The van der Waals surface area contributed by atoms with Crippen molar-refractivity contribution in [1.29, 1.82) is 0 Å². The molecular weight excluding hydrogens is 442 g/mol. The average molecular weight is 467 g/mol. The third-order valence-electron chi connectivity index (χ3n) is 5.36. The predicted octanol–water partition coefficient (Wildman–Crippen LogP) is 1.56. The van der Waals surface area contributed by atoms with Crippen LogP contribution >= 0.6 is 0 Å². The SMILES string of the molecule is CC(C)NC(=O)N1CCN(C(=O)c2ccc(-c3cn(Cc4ccoc4C(=O)O)nn3)cn2)CC1. The molecule has 0 bridgehead atoms. The highest BCUT2D eigenvalue weighted by molar-refractivity contribution is 5.92. The molecular formula is C22H25N7O5. The van der Waals surface area contributed by atoms with Gasteiger partial charge in [0, 0.05) is 49.5 Å². The van der Waals surface area contributed by atoms with E-state index in [2.05, 4.69) is 20.6 Å². The number of urea groups is 1. The lowest BCUT2D eigenvalue weighted by molar-refractivity contribution is 0.0652. The van der Waals surface area contributed by atoms with Gasteiger partial charge in [0.2, 0.25) is 5.76 Å². The maximum Gasteiger partial charge on any atom is 0.372 e. The first-order valence-electron chi connectivity index (χ1n) is 10.8. The summed E-state index contributed by atoms with van der Waals surface area (Å²) < 4.78 is 6.48. The van der Waals surface area contributed by atoms with Crippen LogP contribution in [0.3, 0.4) is 0 Å². The van der Waals surface area contributed by atoms with Crippen molar-refractivity contribution in [3.63, 3.8) is 0 Å². The van der Waals surface area contributed by atoms with Crippen LogP contribution in [0.2, 0.25) is 0 Å². The standard InChI is InChI=1S/C22H25N7O5/c1-14(2)24-22(33)28-8-6-27(7-9-28)20(30)17-4-3-15(11-23-17)18-13-29(26-25-18)12-16-5-10-34-19(16)21(31)32/h3-5,10-11,13-14H,6-9,12H2,1-2H3,(H,24,33)(H,31,32). The van der Waals surface area contributed by atoms with E-state index >= 15 is 0 Å². The maximum absolute atomic E-state index is 12.8. The van der Waals surface area contributed by atoms with Crippen molar-refractivity contribution in [3.8, 4) is 11.3 Å². The van der Waals surface area contributed by atoms with Crippen LogP contribution in [0.1, 0.15) is 40.5 Å². The van der Waals surface area contributed by atoms with Crippen LogP contribution < -0.4 is 5.32 Å². The number of carboxylic acids is 1. The zero-order chi connectivity index (χ0) is 24.2. The summed E-state index contributed by atoms with van der Waals surface area (Å²) in [5, 5.41) is 20.1. The fourth-order valence-corrected chi connectivity index (χ4v) is 3.62. The number of furan rings is 1. The van der Waals surface area contributed by atoms with E-state index in [-0.39, 0.29) is 30.3 Å². The molecule has 1 aliphatic heterocycles. The molecule has 3 amide bonds. The minimum Gasteiger partial charge on any atom is -0.475 e. The quantitative estimate of drug-likeness (QED) is 0.555. The van der Waals surface area contributed by atoms with E-state index in [0.29, 0.717) is 48.7 Å². The van der Waals surface area contributed by atoms with Gasteiger partial charge in [-0.3, -0.25) is 9.78 Å². The number of aromatic nitrogens is 4. The van der Waals surface area contributed by atoms with Crippen LogP contribution in [0.5, 0.6) is 0 Å². The molecule has 3 aromatic rings. The first-order valence-corrected chi connectivity index (χ1v) is 10.8.